The summed E-state index contributed by atoms with van der Waals surface area (Å²) in [5, 5.41) is 4.62. The molecule has 1 heterocycles. The first-order chi connectivity index (χ1) is 11.4. The molecule has 0 aliphatic rings. The smallest absolute Gasteiger partial charge is 0.227 e. The fraction of sp³-hybridized carbons (Fsp3) is 0. The van der Waals surface area contributed by atoms with E-state index in [2.05, 4.69) is 42.5 Å². The van der Waals surface area contributed by atoms with Crippen LogP contribution in [-0.4, -0.2) is 4.98 Å². The van der Waals surface area contributed by atoms with Gasteiger partial charge in [0.2, 0.25) is 5.89 Å². The van der Waals surface area contributed by atoms with Gasteiger partial charge in [0.15, 0.2) is 5.58 Å². The maximum absolute atomic E-state index is 6.16. The zero-order valence-electron chi connectivity index (χ0n) is 12.4. The van der Waals surface area contributed by atoms with Crippen molar-refractivity contribution in [1.82, 2.24) is 4.98 Å². The van der Waals surface area contributed by atoms with E-state index in [0.717, 1.165) is 27.4 Å². The highest BCUT2D eigenvalue weighted by Crippen LogP contribution is 2.33. The highest BCUT2D eigenvalue weighted by Gasteiger charge is 2.12. The summed E-state index contributed by atoms with van der Waals surface area (Å²) >= 11 is 0. The quantitative estimate of drug-likeness (QED) is 0.390. The minimum absolute atomic E-state index is 0.674. The van der Waals surface area contributed by atoms with Gasteiger partial charge in [-0.2, -0.15) is 0 Å². The van der Waals surface area contributed by atoms with Crippen LogP contribution in [0.4, 0.5) is 0 Å². The van der Waals surface area contributed by atoms with Gasteiger partial charge in [-0.15, -0.1) is 0 Å². The molecule has 5 rings (SSSR count). The number of oxazole rings is 1. The Kier molecular flexibility index (Phi) is 2.53. The molecule has 0 unspecified atom stereocenters. The first-order valence-corrected chi connectivity index (χ1v) is 7.66. The van der Waals surface area contributed by atoms with Crippen LogP contribution in [0.3, 0.4) is 0 Å². The van der Waals surface area contributed by atoms with Gasteiger partial charge in [-0.25, -0.2) is 4.98 Å². The highest BCUT2D eigenvalue weighted by molar-refractivity contribution is 6.04. The van der Waals surface area contributed by atoms with Gasteiger partial charge >= 0.3 is 0 Å². The van der Waals surface area contributed by atoms with Crippen molar-refractivity contribution >= 4 is 32.6 Å². The van der Waals surface area contributed by atoms with E-state index < -0.39 is 0 Å². The molecule has 0 spiro atoms. The Balaban J connectivity index is 1.84. The lowest BCUT2D eigenvalue weighted by atomic mass is 10.0. The molecule has 0 radical (unpaired) electrons. The molecule has 5 aromatic rings. The molecule has 23 heavy (non-hydrogen) atoms. The largest absolute Gasteiger partial charge is 0.435 e. The summed E-state index contributed by atoms with van der Waals surface area (Å²) in [5.41, 5.74) is 2.78. The number of benzene rings is 4. The van der Waals surface area contributed by atoms with Crippen LogP contribution in [0.1, 0.15) is 0 Å². The van der Waals surface area contributed by atoms with Gasteiger partial charge in [0.1, 0.15) is 5.52 Å². The van der Waals surface area contributed by atoms with Gasteiger partial charge in [0.05, 0.1) is 0 Å². The number of rotatable bonds is 1. The minimum atomic E-state index is 0.674. The molecular formula is C21H13NO. The number of hydrogen-bond donors (Lipinski definition) is 0. The third-order valence-corrected chi connectivity index (χ3v) is 4.30. The summed E-state index contributed by atoms with van der Waals surface area (Å²) in [7, 11) is 0. The van der Waals surface area contributed by atoms with Gasteiger partial charge < -0.3 is 4.42 Å². The molecule has 0 atom stereocenters. The van der Waals surface area contributed by atoms with Crippen LogP contribution in [0.2, 0.25) is 0 Å². The van der Waals surface area contributed by atoms with Crippen LogP contribution in [0.15, 0.2) is 83.3 Å². The van der Waals surface area contributed by atoms with Crippen LogP contribution < -0.4 is 0 Å². The molecule has 0 amide bonds. The van der Waals surface area contributed by atoms with Gasteiger partial charge in [0, 0.05) is 10.9 Å². The maximum atomic E-state index is 6.16. The molecule has 0 aliphatic heterocycles. The summed E-state index contributed by atoms with van der Waals surface area (Å²) in [6.45, 7) is 0. The van der Waals surface area contributed by atoms with Crippen molar-refractivity contribution in [2.75, 3.05) is 0 Å². The van der Waals surface area contributed by atoms with Crippen molar-refractivity contribution in [1.29, 1.82) is 0 Å². The molecule has 0 N–H and O–H groups in total. The van der Waals surface area contributed by atoms with E-state index >= 15 is 0 Å². The zero-order chi connectivity index (χ0) is 15.2. The van der Waals surface area contributed by atoms with Crippen LogP contribution in [0, 0.1) is 0 Å². The molecule has 2 nitrogen and oxygen atoms in total. The van der Waals surface area contributed by atoms with Crippen molar-refractivity contribution in [2.24, 2.45) is 0 Å². The lowest BCUT2D eigenvalue weighted by molar-refractivity contribution is 0.623. The summed E-state index contributed by atoms with van der Waals surface area (Å²) in [4.78, 5) is 4.72. The Morgan fingerprint density at radius 2 is 1.30 bits per heavy atom. The van der Waals surface area contributed by atoms with E-state index in [9.17, 15) is 0 Å². The van der Waals surface area contributed by atoms with Gasteiger partial charge in [-0.1, -0.05) is 66.7 Å². The lowest BCUT2D eigenvalue weighted by Gasteiger charge is -2.02. The van der Waals surface area contributed by atoms with Crippen molar-refractivity contribution < 1.29 is 4.42 Å². The maximum Gasteiger partial charge on any atom is 0.227 e. The number of hydrogen-bond acceptors (Lipinski definition) is 2. The monoisotopic (exact) mass is 295 g/mol. The second kappa shape index (κ2) is 4.68. The number of aromatic nitrogens is 1. The molecule has 0 aliphatic carbocycles. The molecule has 0 fully saturated rings. The molecule has 0 saturated carbocycles. The second-order valence-corrected chi connectivity index (χ2v) is 5.68. The Labute approximate surface area is 133 Å². The fourth-order valence-electron chi connectivity index (χ4n) is 3.18. The number of nitrogens with zero attached hydrogens (tertiary/aromatic N) is 1. The predicted octanol–water partition coefficient (Wildman–Crippen LogP) is 5.80. The van der Waals surface area contributed by atoms with Crippen molar-refractivity contribution in [3.05, 3.63) is 78.9 Å². The fourth-order valence-corrected chi connectivity index (χ4v) is 3.18. The van der Waals surface area contributed by atoms with Crippen molar-refractivity contribution in [3.8, 4) is 11.5 Å². The Morgan fingerprint density at radius 3 is 2.17 bits per heavy atom. The van der Waals surface area contributed by atoms with E-state index in [1.54, 1.807) is 0 Å². The Morgan fingerprint density at radius 1 is 0.609 bits per heavy atom. The average Bonchev–Trinajstić information content (AvgIpc) is 3.06. The van der Waals surface area contributed by atoms with Gasteiger partial charge in [-0.3, -0.25) is 0 Å². The molecule has 0 saturated heterocycles. The van der Waals surface area contributed by atoms with E-state index in [-0.39, 0.29) is 0 Å². The predicted molar refractivity (Wildman–Crippen MR) is 94.5 cm³/mol. The molecule has 0 bridgehead atoms. The molecule has 108 valence electrons. The first kappa shape index (κ1) is 12.4. The molecule has 4 aromatic carbocycles. The van der Waals surface area contributed by atoms with E-state index in [1.807, 2.05) is 36.4 Å². The minimum Gasteiger partial charge on any atom is -0.435 e. The van der Waals surface area contributed by atoms with E-state index in [1.165, 1.54) is 10.8 Å². The van der Waals surface area contributed by atoms with E-state index in [0.29, 0.717) is 5.89 Å². The average molecular weight is 295 g/mol. The van der Waals surface area contributed by atoms with Crippen molar-refractivity contribution in [3.63, 3.8) is 0 Å². The summed E-state index contributed by atoms with van der Waals surface area (Å²) in [6.07, 6.45) is 0. The van der Waals surface area contributed by atoms with E-state index in [4.69, 9.17) is 9.40 Å². The summed E-state index contributed by atoms with van der Waals surface area (Å²) in [6, 6.07) is 26.9. The van der Waals surface area contributed by atoms with Gasteiger partial charge in [0.25, 0.3) is 0 Å². The third kappa shape index (κ3) is 1.85. The highest BCUT2D eigenvalue weighted by atomic mass is 16.3. The normalized spacial score (nSPS) is 11.5. The second-order valence-electron chi connectivity index (χ2n) is 5.68. The third-order valence-electron chi connectivity index (χ3n) is 4.30. The molecule has 2 heteroatoms. The van der Waals surface area contributed by atoms with Crippen LogP contribution >= 0.6 is 0 Å². The lowest BCUT2D eigenvalue weighted by Crippen LogP contribution is -1.80. The van der Waals surface area contributed by atoms with Crippen LogP contribution in [0.25, 0.3) is 44.1 Å². The molecular weight excluding hydrogens is 282 g/mol. The Bertz CT molecular complexity index is 1160. The van der Waals surface area contributed by atoms with Crippen LogP contribution in [0.5, 0.6) is 0 Å². The van der Waals surface area contributed by atoms with Gasteiger partial charge in [-0.05, 0) is 28.3 Å². The first-order valence-electron chi connectivity index (χ1n) is 7.66. The topological polar surface area (TPSA) is 26.0 Å². The zero-order valence-corrected chi connectivity index (χ0v) is 12.4. The van der Waals surface area contributed by atoms with Crippen molar-refractivity contribution in [2.45, 2.75) is 0 Å². The number of fused-ring (bicyclic) bond motifs is 4. The molecule has 1 aromatic heterocycles. The van der Waals surface area contributed by atoms with Crippen LogP contribution in [-0.2, 0) is 0 Å². The standard InChI is InChI=1S/C21H13NO/c1-3-9-16-14(6-1)8-5-11-18(16)21-22-19-13-12-15-7-2-4-10-17(15)20(19)23-21/h1-13H. The summed E-state index contributed by atoms with van der Waals surface area (Å²) < 4.78 is 6.16. The Hall–Kier alpha value is -3.13. The summed E-state index contributed by atoms with van der Waals surface area (Å²) in [5.74, 6) is 0.674. The SMILES string of the molecule is c1ccc2c(-c3nc4ccc5ccccc5c4o3)cccc2c1.